The summed E-state index contributed by atoms with van der Waals surface area (Å²) < 4.78 is 58.6. The molecule has 0 saturated carbocycles. The molecule has 738 valence electrons. The molecule has 0 aliphatic rings. The molecule has 0 aliphatic carbocycles. The summed E-state index contributed by atoms with van der Waals surface area (Å²) in [5.41, 5.74) is 6.70. The summed E-state index contributed by atoms with van der Waals surface area (Å²) in [6, 6.07) is 41.7. The molecule has 0 aliphatic heterocycles. The predicted molar refractivity (Wildman–Crippen MR) is 556 cm³/mol. The van der Waals surface area contributed by atoms with Crippen LogP contribution in [0.1, 0.15) is 427 Å². The largest absolute Gasteiger partial charge is 0.493 e. The lowest BCUT2D eigenvalue weighted by atomic mass is 10.1. The van der Waals surface area contributed by atoms with Crippen molar-refractivity contribution in [3.8, 4) is 137 Å². The van der Waals surface area contributed by atoms with E-state index in [4.69, 9.17) is 56.6 Å². The molecule has 0 amide bonds. The maximum Gasteiger partial charge on any atom is 0.248 e. The number of nitrogens with zero attached hydrogens (tertiary/aromatic N) is 9. The zero-order chi connectivity index (χ0) is 94.1. The van der Waals surface area contributed by atoms with Crippen LogP contribution in [0.25, 0.3) is 103 Å². The maximum absolute atomic E-state index is 6.56. The molecule has 10 rings (SSSR count). The van der Waals surface area contributed by atoms with Crippen LogP contribution in [0, 0.1) is 0 Å². The van der Waals surface area contributed by atoms with Crippen LogP contribution in [-0.4, -0.2) is 85.2 Å². The van der Waals surface area contributed by atoms with Crippen LogP contribution in [0.3, 0.4) is 0 Å². The van der Waals surface area contributed by atoms with Crippen LogP contribution in [-0.2, 0) is 0 Å². The summed E-state index contributed by atoms with van der Waals surface area (Å²) in [5, 5.41) is 27.8. The van der Waals surface area contributed by atoms with E-state index in [0.29, 0.717) is 92.5 Å². The van der Waals surface area contributed by atoms with Gasteiger partial charge in [0, 0.05) is 68.3 Å². The summed E-state index contributed by atoms with van der Waals surface area (Å²) in [5.74, 6) is 8.03. The average Bonchev–Trinajstić information content (AvgIpc) is 1.77. The van der Waals surface area contributed by atoms with Crippen LogP contribution in [0.4, 0.5) is 0 Å². The number of rotatable bonds is 81. The SMILES string of the molecule is CCCCCCCCCCCCOc1cc(OCCCCCCCCCCCC)cc(-c2nnc(-c3ccc(-c4nc(-c5ccc(-c6nnc(-c7cc(OCCCCCCCCCCCC)cc(OCCCCCCCCCCCC)c7)o6)cc5)nc(-c5ccc(-c6nnc(-c7cc(OCCCCCCCCCCCC)cc(OCCCCCCCCCCCC)c7)o6)cc5)n4)cc3)o2)c1. The zero-order valence-electron chi connectivity index (χ0n) is 84.5. The third-order valence-corrected chi connectivity index (χ3v) is 26.1. The van der Waals surface area contributed by atoms with E-state index in [1.165, 1.54) is 308 Å². The molecule has 0 radical (unpaired) electrons. The van der Waals surface area contributed by atoms with Crippen molar-refractivity contribution in [2.75, 3.05) is 39.6 Å². The van der Waals surface area contributed by atoms with Crippen LogP contribution in [0.15, 0.2) is 141 Å². The molecule has 4 heterocycles. The topological polar surface area (TPSA) is 211 Å². The van der Waals surface area contributed by atoms with Crippen molar-refractivity contribution in [2.45, 2.75) is 427 Å². The normalized spacial score (nSPS) is 11.5. The van der Waals surface area contributed by atoms with E-state index in [1.807, 2.05) is 127 Å². The third-order valence-electron chi connectivity index (χ3n) is 26.1. The summed E-state index contributed by atoms with van der Waals surface area (Å²) in [6.07, 6.45) is 75.7. The summed E-state index contributed by atoms with van der Waals surface area (Å²) in [6.45, 7) is 17.4. The van der Waals surface area contributed by atoms with Gasteiger partial charge in [-0.1, -0.05) is 425 Å². The highest BCUT2D eigenvalue weighted by Crippen LogP contribution is 2.38. The van der Waals surface area contributed by atoms with E-state index in [2.05, 4.69) is 72.1 Å². The molecule has 0 atom stereocenters. The van der Waals surface area contributed by atoms with Gasteiger partial charge in [-0.05, 0) is 111 Å². The van der Waals surface area contributed by atoms with Crippen molar-refractivity contribution in [3.63, 3.8) is 0 Å². The van der Waals surface area contributed by atoms with Gasteiger partial charge in [-0.2, -0.15) is 0 Å². The van der Waals surface area contributed by atoms with E-state index in [9.17, 15) is 0 Å². The van der Waals surface area contributed by atoms with E-state index in [0.717, 1.165) is 162 Å². The van der Waals surface area contributed by atoms with E-state index >= 15 is 0 Å². The molecule has 135 heavy (non-hydrogen) atoms. The molecule has 18 nitrogen and oxygen atoms in total. The highest BCUT2D eigenvalue weighted by atomic mass is 16.5. The fourth-order valence-electron chi connectivity index (χ4n) is 17.7. The summed E-state index contributed by atoms with van der Waals surface area (Å²) in [7, 11) is 0. The van der Waals surface area contributed by atoms with Gasteiger partial charge in [0.1, 0.15) is 34.5 Å². The van der Waals surface area contributed by atoms with Gasteiger partial charge in [0.25, 0.3) is 0 Å². The predicted octanol–water partition coefficient (Wildman–Crippen LogP) is 35.8. The third kappa shape index (κ3) is 42.6. The number of unbranched alkanes of at least 4 members (excludes halogenated alkanes) is 54. The first-order valence-corrected chi connectivity index (χ1v) is 54.6. The Morgan fingerprint density at radius 1 is 0.156 bits per heavy atom. The second-order valence-electron chi connectivity index (χ2n) is 38.0. The Morgan fingerprint density at radius 3 is 0.444 bits per heavy atom. The van der Waals surface area contributed by atoms with Crippen LogP contribution in [0.5, 0.6) is 34.5 Å². The fourth-order valence-corrected chi connectivity index (χ4v) is 17.7. The van der Waals surface area contributed by atoms with Crippen molar-refractivity contribution >= 4 is 0 Å². The highest BCUT2D eigenvalue weighted by Gasteiger charge is 2.22. The number of aromatic nitrogens is 9. The van der Waals surface area contributed by atoms with Crippen LogP contribution < -0.4 is 28.4 Å². The van der Waals surface area contributed by atoms with Crippen molar-refractivity contribution in [3.05, 3.63) is 127 Å². The minimum absolute atomic E-state index is 0.372. The Balaban J connectivity index is 0.878. The van der Waals surface area contributed by atoms with Crippen molar-refractivity contribution in [2.24, 2.45) is 0 Å². The lowest BCUT2D eigenvalue weighted by molar-refractivity contribution is 0.289. The Labute approximate surface area is 813 Å². The van der Waals surface area contributed by atoms with Gasteiger partial charge < -0.3 is 41.7 Å². The second-order valence-corrected chi connectivity index (χ2v) is 38.0. The van der Waals surface area contributed by atoms with Gasteiger partial charge in [-0.25, -0.2) is 15.0 Å². The Kier molecular flexibility index (Phi) is 54.0. The van der Waals surface area contributed by atoms with Gasteiger partial charge in [0.15, 0.2) is 17.5 Å². The Morgan fingerprint density at radius 2 is 0.289 bits per heavy atom. The van der Waals surface area contributed by atoms with Crippen LogP contribution in [0.2, 0.25) is 0 Å². The molecule has 0 bridgehead atoms. The van der Waals surface area contributed by atoms with Gasteiger partial charge >= 0.3 is 0 Å². The van der Waals surface area contributed by atoms with Gasteiger partial charge in [0.2, 0.25) is 35.3 Å². The van der Waals surface area contributed by atoms with Crippen molar-refractivity contribution < 1.29 is 41.7 Å². The number of ether oxygens (including phenoxy) is 6. The monoisotopic (exact) mass is 1850 g/mol. The summed E-state index contributed by atoms with van der Waals surface area (Å²) >= 11 is 0. The lowest BCUT2D eigenvalue weighted by Crippen LogP contribution is -2.01. The molecular weight excluding hydrogens is 1680 g/mol. The molecule has 18 heteroatoms. The van der Waals surface area contributed by atoms with E-state index < -0.39 is 0 Å². The first-order valence-electron chi connectivity index (χ1n) is 54.6. The van der Waals surface area contributed by atoms with Crippen molar-refractivity contribution in [1.82, 2.24) is 45.5 Å². The quantitative estimate of drug-likeness (QED) is 0.0324. The minimum atomic E-state index is 0.372. The molecule has 0 spiro atoms. The van der Waals surface area contributed by atoms with Gasteiger partial charge in [0.05, 0.1) is 39.6 Å². The molecule has 0 fully saturated rings. The number of benzene rings is 6. The molecule has 0 unspecified atom stereocenters. The standard InChI is InChI=1S/C117H171N9O9/c1-7-13-19-25-31-37-43-49-55-61-79-127-103-85-100(86-104(91-103)128-80-62-56-50-44-38-32-26-20-14-8-2)115-124-121-112(133-115)97-73-67-94(68-74-97)109-118-110(95-69-75-98(76-70-95)113-122-125-116(134-113)101-87-105(129-81-63-57-51-45-39-33-27-21-15-9-3)92-106(88-101)130-82-64-58-52-46-40-34-28-22-16-10-4)120-111(119-109)96-71-77-99(78-72-96)114-123-126-117(135-114)102-89-107(131-83-65-59-53-47-41-35-29-23-17-11-5)93-108(90-102)132-84-66-60-54-48-42-36-30-24-18-12-6/h67-78,85-93H,7-66,79-84H2,1-6H3. The van der Waals surface area contributed by atoms with Crippen LogP contribution >= 0.6 is 0 Å². The lowest BCUT2D eigenvalue weighted by Gasteiger charge is -2.12. The Hall–Kier alpha value is -9.45. The van der Waals surface area contributed by atoms with E-state index in [-0.39, 0.29) is 0 Å². The Bertz CT molecular complexity index is 4090. The number of hydrogen-bond donors (Lipinski definition) is 0. The highest BCUT2D eigenvalue weighted by molar-refractivity contribution is 5.72. The molecule has 0 N–H and O–H groups in total. The minimum Gasteiger partial charge on any atom is -0.493 e. The number of hydrogen-bond acceptors (Lipinski definition) is 18. The molecule has 10 aromatic rings. The molecular formula is C117H171N9O9. The molecule has 4 aromatic heterocycles. The molecule has 0 saturated heterocycles. The molecule has 6 aromatic carbocycles. The average molecular weight is 1850 g/mol. The fraction of sp³-hybridized carbons (Fsp3) is 0.615. The smallest absolute Gasteiger partial charge is 0.248 e. The van der Waals surface area contributed by atoms with E-state index in [1.54, 1.807) is 0 Å². The van der Waals surface area contributed by atoms with Crippen molar-refractivity contribution in [1.29, 1.82) is 0 Å². The zero-order valence-corrected chi connectivity index (χ0v) is 84.5. The second kappa shape index (κ2) is 67.7. The van der Waals surface area contributed by atoms with Gasteiger partial charge in [-0.3, -0.25) is 0 Å². The summed E-state index contributed by atoms with van der Waals surface area (Å²) in [4.78, 5) is 15.6. The first-order chi connectivity index (χ1) is 66.8. The maximum atomic E-state index is 6.56. The van der Waals surface area contributed by atoms with Gasteiger partial charge in [-0.15, -0.1) is 30.6 Å². The first kappa shape index (κ1) is 108.